The molecule has 20 heavy (non-hydrogen) atoms. The number of anilines is 1. The lowest BCUT2D eigenvalue weighted by atomic mass is 10.1. The Morgan fingerprint density at radius 2 is 1.70 bits per heavy atom. The van der Waals surface area contributed by atoms with E-state index in [1.54, 1.807) is 6.33 Å². The monoisotopic (exact) mass is 327 g/mol. The predicted molar refractivity (Wildman–Crippen MR) is 85.3 cm³/mol. The highest BCUT2D eigenvalue weighted by Crippen LogP contribution is 2.26. The Hall–Kier alpha value is -2.07. The Balaban J connectivity index is 1.91. The Morgan fingerprint density at radius 3 is 2.40 bits per heavy atom. The first kappa shape index (κ1) is 12.9. The number of hydrogen-bond acceptors (Lipinski definition) is 2. The van der Waals surface area contributed by atoms with Gasteiger partial charge in [-0.1, -0.05) is 58.4 Å². The van der Waals surface area contributed by atoms with Gasteiger partial charge in [0.1, 0.15) is 11.5 Å². The lowest BCUT2D eigenvalue weighted by Gasteiger charge is -2.06. The maximum atomic E-state index is 6.21. The maximum absolute atomic E-state index is 6.21. The summed E-state index contributed by atoms with van der Waals surface area (Å²) in [7, 11) is 0. The molecule has 3 aromatic rings. The van der Waals surface area contributed by atoms with E-state index < -0.39 is 0 Å². The summed E-state index contributed by atoms with van der Waals surface area (Å²) < 4.78 is 3.01. The highest BCUT2D eigenvalue weighted by atomic mass is 79.9. The molecule has 4 heteroatoms. The summed E-state index contributed by atoms with van der Waals surface area (Å²) in [6.07, 6.45) is 1.79. The molecule has 0 atom stereocenters. The van der Waals surface area contributed by atoms with Gasteiger partial charge in [0.15, 0.2) is 0 Å². The fraction of sp³-hybridized carbons (Fsp3) is 0.0625. The van der Waals surface area contributed by atoms with Gasteiger partial charge in [-0.15, -0.1) is 0 Å². The van der Waals surface area contributed by atoms with Gasteiger partial charge in [-0.3, -0.25) is 0 Å². The molecule has 0 aliphatic heterocycles. The molecule has 3 rings (SSSR count). The molecule has 100 valence electrons. The van der Waals surface area contributed by atoms with E-state index in [0.29, 0.717) is 5.82 Å². The lowest BCUT2D eigenvalue weighted by Crippen LogP contribution is -2.03. The van der Waals surface area contributed by atoms with Crippen LogP contribution in [0.4, 0.5) is 5.82 Å². The third-order valence-electron chi connectivity index (χ3n) is 3.19. The van der Waals surface area contributed by atoms with E-state index in [1.807, 2.05) is 47.0 Å². The van der Waals surface area contributed by atoms with Gasteiger partial charge in [-0.25, -0.2) is 4.98 Å². The van der Waals surface area contributed by atoms with Crippen LogP contribution in [-0.4, -0.2) is 9.55 Å². The summed E-state index contributed by atoms with van der Waals surface area (Å²) in [5.41, 5.74) is 9.27. The zero-order chi connectivity index (χ0) is 13.9. The molecule has 0 spiro atoms. The first-order valence-electron chi connectivity index (χ1n) is 6.34. The Kier molecular flexibility index (Phi) is 3.56. The molecule has 1 heterocycles. The van der Waals surface area contributed by atoms with Crippen LogP contribution in [0.5, 0.6) is 0 Å². The number of halogens is 1. The second kappa shape index (κ2) is 5.51. The summed E-state index contributed by atoms with van der Waals surface area (Å²) in [5, 5.41) is 0. The second-order valence-corrected chi connectivity index (χ2v) is 5.51. The van der Waals surface area contributed by atoms with Crippen LogP contribution in [0.2, 0.25) is 0 Å². The number of benzene rings is 2. The molecule has 0 bridgehead atoms. The fourth-order valence-corrected chi connectivity index (χ4v) is 2.39. The zero-order valence-electron chi connectivity index (χ0n) is 10.8. The smallest absolute Gasteiger partial charge is 0.131 e. The number of nitrogens with two attached hydrogens (primary N) is 1. The van der Waals surface area contributed by atoms with Crippen LogP contribution in [0, 0.1) is 0 Å². The van der Waals surface area contributed by atoms with Crippen LogP contribution in [0.3, 0.4) is 0 Å². The first-order chi connectivity index (χ1) is 9.74. The average molecular weight is 328 g/mol. The molecule has 0 unspecified atom stereocenters. The minimum Gasteiger partial charge on any atom is -0.383 e. The van der Waals surface area contributed by atoms with Crippen molar-refractivity contribution in [1.29, 1.82) is 0 Å². The van der Waals surface area contributed by atoms with Crippen molar-refractivity contribution < 1.29 is 0 Å². The van der Waals surface area contributed by atoms with E-state index in [-0.39, 0.29) is 0 Å². The van der Waals surface area contributed by atoms with E-state index >= 15 is 0 Å². The van der Waals surface area contributed by atoms with Crippen molar-refractivity contribution >= 4 is 21.7 Å². The molecule has 0 aliphatic carbocycles. The molecule has 0 saturated carbocycles. The molecule has 0 fully saturated rings. The van der Waals surface area contributed by atoms with Gasteiger partial charge in [-0.05, 0) is 17.7 Å². The Bertz CT molecular complexity index is 702. The fourth-order valence-electron chi connectivity index (χ4n) is 2.13. The number of rotatable bonds is 3. The van der Waals surface area contributed by atoms with Crippen LogP contribution in [0.15, 0.2) is 65.4 Å². The molecular weight excluding hydrogens is 314 g/mol. The first-order valence-corrected chi connectivity index (χ1v) is 7.14. The third-order valence-corrected chi connectivity index (χ3v) is 3.72. The van der Waals surface area contributed by atoms with Gasteiger partial charge < -0.3 is 10.3 Å². The highest BCUT2D eigenvalue weighted by molar-refractivity contribution is 9.10. The largest absolute Gasteiger partial charge is 0.383 e. The van der Waals surface area contributed by atoms with E-state index in [9.17, 15) is 0 Å². The van der Waals surface area contributed by atoms with Gasteiger partial charge in [0.05, 0.1) is 12.9 Å². The third kappa shape index (κ3) is 2.60. The number of imidazole rings is 1. The lowest BCUT2D eigenvalue weighted by molar-refractivity contribution is 0.808. The summed E-state index contributed by atoms with van der Waals surface area (Å²) >= 11 is 3.43. The van der Waals surface area contributed by atoms with Crippen LogP contribution >= 0.6 is 15.9 Å². The second-order valence-electron chi connectivity index (χ2n) is 4.60. The van der Waals surface area contributed by atoms with Crippen molar-refractivity contribution in [2.75, 3.05) is 5.73 Å². The van der Waals surface area contributed by atoms with E-state index in [1.165, 1.54) is 5.56 Å². The van der Waals surface area contributed by atoms with E-state index in [2.05, 4.69) is 33.0 Å². The van der Waals surface area contributed by atoms with Crippen molar-refractivity contribution in [2.45, 2.75) is 6.54 Å². The maximum Gasteiger partial charge on any atom is 0.131 e. The van der Waals surface area contributed by atoms with Gasteiger partial charge in [0, 0.05) is 10.0 Å². The van der Waals surface area contributed by atoms with Crippen LogP contribution in [-0.2, 0) is 6.54 Å². The van der Waals surface area contributed by atoms with Gasteiger partial charge >= 0.3 is 0 Å². The van der Waals surface area contributed by atoms with Crippen molar-refractivity contribution in [3.63, 3.8) is 0 Å². The molecule has 1 aromatic heterocycles. The number of nitrogens with zero attached hydrogens (tertiary/aromatic N) is 2. The minimum absolute atomic E-state index is 0.691. The molecule has 3 nitrogen and oxygen atoms in total. The normalized spacial score (nSPS) is 10.7. The minimum atomic E-state index is 0.691. The molecule has 0 amide bonds. The molecule has 2 N–H and O–H groups in total. The predicted octanol–water partition coefficient (Wildman–Crippen LogP) is 3.94. The van der Waals surface area contributed by atoms with Crippen molar-refractivity contribution in [3.8, 4) is 11.3 Å². The molecule has 0 saturated heterocycles. The topological polar surface area (TPSA) is 43.8 Å². The summed E-state index contributed by atoms with van der Waals surface area (Å²) in [5.74, 6) is 0.691. The Labute approximate surface area is 126 Å². The molecule has 0 aliphatic rings. The summed E-state index contributed by atoms with van der Waals surface area (Å²) in [6.45, 7) is 0.732. The number of hydrogen-bond donors (Lipinski definition) is 1. The van der Waals surface area contributed by atoms with Crippen LogP contribution in [0.25, 0.3) is 11.3 Å². The van der Waals surface area contributed by atoms with Crippen LogP contribution < -0.4 is 5.73 Å². The van der Waals surface area contributed by atoms with Crippen molar-refractivity contribution in [3.05, 3.63) is 71.0 Å². The molecule has 2 aromatic carbocycles. The summed E-state index contributed by atoms with van der Waals surface area (Å²) in [4.78, 5) is 4.43. The van der Waals surface area contributed by atoms with E-state index in [0.717, 1.165) is 22.3 Å². The zero-order valence-corrected chi connectivity index (χ0v) is 12.4. The summed E-state index contributed by atoms with van der Waals surface area (Å²) in [6, 6.07) is 18.2. The van der Waals surface area contributed by atoms with Crippen molar-refractivity contribution in [2.24, 2.45) is 0 Å². The van der Waals surface area contributed by atoms with E-state index in [4.69, 9.17) is 5.73 Å². The van der Waals surface area contributed by atoms with Gasteiger partial charge in [-0.2, -0.15) is 0 Å². The standard InChI is InChI=1S/C16H14BrN3/c17-14-8-6-13(7-9-14)15-16(18)20(11-19-15)10-12-4-2-1-3-5-12/h1-9,11H,10,18H2. The van der Waals surface area contributed by atoms with Gasteiger partial charge in [0.25, 0.3) is 0 Å². The number of nitrogen functional groups attached to an aromatic ring is 1. The van der Waals surface area contributed by atoms with Crippen LogP contribution in [0.1, 0.15) is 5.56 Å². The number of aromatic nitrogens is 2. The SMILES string of the molecule is Nc1c(-c2ccc(Br)cc2)ncn1Cc1ccccc1. The molecule has 0 radical (unpaired) electrons. The average Bonchev–Trinajstić information content (AvgIpc) is 2.83. The highest BCUT2D eigenvalue weighted by Gasteiger charge is 2.09. The quantitative estimate of drug-likeness (QED) is 0.791. The van der Waals surface area contributed by atoms with Crippen molar-refractivity contribution in [1.82, 2.24) is 9.55 Å². The Morgan fingerprint density at radius 1 is 1.00 bits per heavy atom. The van der Waals surface area contributed by atoms with Gasteiger partial charge in [0.2, 0.25) is 0 Å². The molecular formula is C16H14BrN3.